The van der Waals surface area contributed by atoms with Crippen molar-refractivity contribution >= 4 is 11.6 Å². The Morgan fingerprint density at radius 2 is 2.05 bits per heavy atom. The van der Waals surface area contributed by atoms with E-state index in [1.807, 2.05) is 25.1 Å². The quantitative estimate of drug-likeness (QED) is 0.771. The Hall–Kier alpha value is -2.05. The second-order valence-corrected chi connectivity index (χ2v) is 4.36. The van der Waals surface area contributed by atoms with Gasteiger partial charge in [-0.15, -0.1) is 11.6 Å². The number of hydrogen-bond acceptors (Lipinski definition) is 2. The first-order chi connectivity index (χ1) is 9.13. The van der Waals surface area contributed by atoms with Crippen LogP contribution >= 0.6 is 11.6 Å². The molecule has 0 amide bonds. The SMILES string of the molecule is Cc1ccc(CCl)cc1Oc1ccc(C#N)c(F)c1. The van der Waals surface area contributed by atoms with Crippen LogP contribution in [0, 0.1) is 24.1 Å². The van der Waals surface area contributed by atoms with E-state index in [4.69, 9.17) is 21.6 Å². The summed E-state index contributed by atoms with van der Waals surface area (Å²) in [6, 6.07) is 11.6. The summed E-state index contributed by atoms with van der Waals surface area (Å²) < 4.78 is 19.1. The highest BCUT2D eigenvalue weighted by Gasteiger charge is 2.07. The molecular weight excluding hydrogens is 265 g/mol. The van der Waals surface area contributed by atoms with E-state index < -0.39 is 5.82 Å². The number of nitriles is 1. The molecule has 0 aliphatic heterocycles. The number of rotatable bonds is 3. The first kappa shape index (κ1) is 13.4. The molecule has 4 heteroatoms. The lowest BCUT2D eigenvalue weighted by atomic mass is 10.1. The number of ether oxygens (including phenoxy) is 1. The third kappa shape index (κ3) is 3.04. The average Bonchev–Trinajstić information content (AvgIpc) is 2.41. The van der Waals surface area contributed by atoms with E-state index in [9.17, 15) is 4.39 Å². The molecule has 0 aliphatic rings. The fourth-order valence-corrected chi connectivity index (χ4v) is 1.78. The van der Waals surface area contributed by atoms with Gasteiger partial charge in [-0.2, -0.15) is 5.26 Å². The van der Waals surface area contributed by atoms with Gasteiger partial charge in [-0.25, -0.2) is 4.39 Å². The zero-order valence-electron chi connectivity index (χ0n) is 10.3. The molecule has 2 nitrogen and oxygen atoms in total. The van der Waals surface area contributed by atoms with Gasteiger partial charge in [0.05, 0.1) is 5.56 Å². The minimum Gasteiger partial charge on any atom is -0.457 e. The lowest BCUT2D eigenvalue weighted by Crippen LogP contribution is -1.91. The number of hydrogen-bond donors (Lipinski definition) is 0. The van der Waals surface area contributed by atoms with Crippen LogP contribution in [0.4, 0.5) is 4.39 Å². The second-order valence-electron chi connectivity index (χ2n) is 4.09. The minimum absolute atomic E-state index is 0.00131. The molecule has 0 N–H and O–H groups in total. The summed E-state index contributed by atoms with van der Waals surface area (Å²) in [5.41, 5.74) is 1.86. The Kier molecular flexibility index (Phi) is 4.03. The Morgan fingerprint density at radius 3 is 2.68 bits per heavy atom. The lowest BCUT2D eigenvalue weighted by Gasteiger charge is -2.10. The third-order valence-corrected chi connectivity index (χ3v) is 3.00. The van der Waals surface area contributed by atoms with Crippen LogP contribution < -0.4 is 4.74 Å². The fourth-order valence-electron chi connectivity index (χ4n) is 1.61. The predicted octanol–water partition coefficient (Wildman–Crippen LogP) is 4.54. The van der Waals surface area contributed by atoms with Crippen LogP contribution in [-0.4, -0.2) is 0 Å². The van der Waals surface area contributed by atoms with Crippen LogP contribution in [-0.2, 0) is 5.88 Å². The predicted molar refractivity (Wildman–Crippen MR) is 71.9 cm³/mol. The molecule has 0 saturated carbocycles. The van der Waals surface area contributed by atoms with Crippen LogP contribution in [0.5, 0.6) is 11.5 Å². The molecule has 19 heavy (non-hydrogen) atoms. The highest BCUT2D eigenvalue weighted by atomic mass is 35.5. The van der Waals surface area contributed by atoms with E-state index >= 15 is 0 Å². The van der Waals surface area contributed by atoms with Crippen molar-refractivity contribution in [2.45, 2.75) is 12.8 Å². The van der Waals surface area contributed by atoms with Crippen molar-refractivity contribution in [3.05, 3.63) is 58.9 Å². The minimum atomic E-state index is -0.592. The van der Waals surface area contributed by atoms with E-state index in [1.165, 1.54) is 12.1 Å². The number of alkyl halides is 1. The van der Waals surface area contributed by atoms with Gasteiger partial charge in [0.2, 0.25) is 0 Å². The van der Waals surface area contributed by atoms with Gasteiger partial charge in [-0.05, 0) is 36.2 Å². The van der Waals surface area contributed by atoms with Crippen molar-refractivity contribution in [2.75, 3.05) is 0 Å². The maximum atomic E-state index is 13.5. The molecule has 2 rings (SSSR count). The van der Waals surface area contributed by atoms with Gasteiger partial charge in [-0.3, -0.25) is 0 Å². The first-order valence-corrected chi connectivity index (χ1v) is 6.20. The molecule has 0 aromatic heterocycles. The van der Waals surface area contributed by atoms with E-state index in [1.54, 1.807) is 12.1 Å². The first-order valence-electron chi connectivity index (χ1n) is 5.67. The molecular formula is C15H11ClFNO. The zero-order chi connectivity index (χ0) is 13.8. The molecule has 2 aromatic rings. The van der Waals surface area contributed by atoms with Gasteiger partial charge in [-0.1, -0.05) is 12.1 Å². The summed E-state index contributed by atoms with van der Waals surface area (Å²) in [5, 5.41) is 8.67. The van der Waals surface area contributed by atoms with Gasteiger partial charge in [0, 0.05) is 11.9 Å². The second kappa shape index (κ2) is 5.73. The van der Waals surface area contributed by atoms with E-state index in [-0.39, 0.29) is 5.56 Å². The van der Waals surface area contributed by atoms with Gasteiger partial charge in [0.15, 0.2) is 0 Å². The van der Waals surface area contributed by atoms with Crippen molar-refractivity contribution in [1.29, 1.82) is 5.26 Å². The highest BCUT2D eigenvalue weighted by molar-refractivity contribution is 6.17. The van der Waals surface area contributed by atoms with Crippen LogP contribution in [0.3, 0.4) is 0 Å². The maximum absolute atomic E-state index is 13.5. The smallest absolute Gasteiger partial charge is 0.144 e. The third-order valence-electron chi connectivity index (χ3n) is 2.70. The molecule has 0 atom stereocenters. The largest absolute Gasteiger partial charge is 0.457 e. The summed E-state index contributed by atoms with van der Waals surface area (Å²) in [4.78, 5) is 0. The van der Waals surface area contributed by atoms with Gasteiger partial charge in [0.1, 0.15) is 23.4 Å². The van der Waals surface area contributed by atoms with Crippen molar-refractivity contribution in [3.8, 4) is 17.6 Å². The number of nitrogens with zero attached hydrogens (tertiary/aromatic N) is 1. The number of aryl methyl sites for hydroxylation is 1. The molecule has 2 aromatic carbocycles. The molecule has 0 spiro atoms. The summed E-state index contributed by atoms with van der Waals surface area (Å²) in [6.45, 7) is 1.90. The fraction of sp³-hybridized carbons (Fsp3) is 0.133. The Balaban J connectivity index is 2.31. The Morgan fingerprint density at radius 1 is 1.26 bits per heavy atom. The normalized spacial score (nSPS) is 10.0. The zero-order valence-corrected chi connectivity index (χ0v) is 11.0. The monoisotopic (exact) mass is 275 g/mol. The van der Waals surface area contributed by atoms with E-state index in [0.29, 0.717) is 17.4 Å². The van der Waals surface area contributed by atoms with E-state index in [2.05, 4.69) is 0 Å². The van der Waals surface area contributed by atoms with Crippen molar-refractivity contribution in [3.63, 3.8) is 0 Å². The maximum Gasteiger partial charge on any atom is 0.144 e. The Bertz CT molecular complexity index is 649. The van der Waals surface area contributed by atoms with Gasteiger partial charge >= 0.3 is 0 Å². The summed E-state index contributed by atoms with van der Waals surface area (Å²) in [7, 11) is 0. The summed E-state index contributed by atoms with van der Waals surface area (Å²) in [6.07, 6.45) is 0. The van der Waals surface area contributed by atoms with Gasteiger partial charge in [0.25, 0.3) is 0 Å². The molecule has 0 radical (unpaired) electrons. The van der Waals surface area contributed by atoms with E-state index in [0.717, 1.165) is 11.1 Å². The standard InChI is InChI=1S/C15H11ClFNO/c1-10-2-3-11(8-16)6-15(10)19-13-5-4-12(9-18)14(17)7-13/h2-7H,8H2,1H3. The van der Waals surface area contributed by atoms with Gasteiger partial charge < -0.3 is 4.74 Å². The summed E-state index contributed by atoms with van der Waals surface area (Å²) >= 11 is 5.77. The number of benzene rings is 2. The van der Waals surface area contributed by atoms with Crippen LogP contribution in [0.2, 0.25) is 0 Å². The molecule has 96 valence electrons. The van der Waals surface area contributed by atoms with Crippen molar-refractivity contribution < 1.29 is 9.13 Å². The summed E-state index contributed by atoms with van der Waals surface area (Å²) in [5.74, 6) is 0.776. The van der Waals surface area contributed by atoms with Crippen molar-refractivity contribution in [1.82, 2.24) is 0 Å². The van der Waals surface area contributed by atoms with Crippen LogP contribution in [0.1, 0.15) is 16.7 Å². The topological polar surface area (TPSA) is 33.0 Å². The van der Waals surface area contributed by atoms with Crippen LogP contribution in [0.15, 0.2) is 36.4 Å². The Labute approximate surface area is 116 Å². The van der Waals surface area contributed by atoms with Crippen LogP contribution in [0.25, 0.3) is 0 Å². The highest BCUT2D eigenvalue weighted by Crippen LogP contribution is 2.27. The molecule has 0 unspecified atom stereocenters. The molecule has 0 saturated heterocycles. The average molecular weight is 276 g/mol. The molecule has 0 fully saturated rings. The van der Waals surface area contributed by atoms with Crippen molar-refractivity contribution in [2.24, 2.45) is 0 Å². The molecule has 0 aliphatic carbocycles. The lowest BCUT2D eigenvalue weighted by molar-refractivity contribution is 0.472. The molecule has 0 heterocycles. The molecule has 0 bridgehead atoms. The number of halogens is 2.